The highest BCUT2D eigenvalue weighted by molar-refractivity contribution is 7.99. The second kappa shape index (κ2) is 6.04. The molecule has 100 valence electrons. The minimum atomic E-state index is -0.171. The van der Waals surface area contributed by atoms with Crippen molar-refractivity contribution >= 4 is 11.8 Å². The first-order valence-electron chi connectivity index (χ1n) is 6.36. The Balaban J connectivity index is 2.03. The minimum Gasteiger partial charge on any atom is -0.326 e. The van der Waals surface area contributed by atoms with Crippen LogP contribution in [0.2, 0.25) is 0 Å². The lowest BCUT2D eigenvalue weighted by Gasteiger charge is -2.36. The zero-order chi connectivity index (χ0) is 13.1. The van der Waals surface area contributed by atoms with Crippen molar-refractivity contribution < 1.29 is 4.39 Å². The van der Waals surface area contributed by atoms with Crippen molar-refractivity contribution in [3.63, 3.8) is 0 Å². The van der Waals surface area contributed by atoms with Crippen molar-refractivity contribution in [3.8, 4) is 0 Å². The number of nitrogens with zero attached hydrogens (tertiary/aromatic N) is 1. The van der Waals surface area contributed by atoms with E-state index in [0.717, 1.165) is 29.8 Å². The van der Waals surface area contributed by atoms with Gasteiger partial charge in [0.1, 0.15) is 5.82 Å². The van der Waals surface area contributed by atoms with Gasteiger partial charge in [0.2, 0.25) is 0 Å². The Bertz CT molecular complexity index is 411. The number of rotatable bonds is 3. The summed E-state index contributed by atoms with van der Waals surface area (Å²) in [5.41, 5.74) is 8.49. The molecule has 2 atom stereocenters. The lowest BCUT2D eigenvalue weighted by atomic mass is 9.97. The Labute approximate surface area is 113 Å². The summed E-state index contributed by atoms with van der Waals surface area (Å²) in [4.78, 5) is 2.35. The molecule has 0 radical (unpaired) electrons. The molecule has 1 aromatic rings. The number of halogens is 1. The molecule has 18 heavy (non-hydrogen) atoms. The molecular formula is C14H21FN2S. The van der Waals surface area contributed by atoms with Gasteiger partial charge in [0, 0.05) is 30.1 Å². The fourth-order valence-electron chi connectivity index (χ4n) is 2.43. The first kappa shape index (κ1) is 13.8. The van der Waals surface area contributed by atoms with Crippen LogP contribution in [0.1, 0.15) is 11.1 Å². The van der Waals surface area contributed by atoms with Crippen molar-refractivity contribution in [2.75, 3.05) is 25.1 Å². The average Bonchev–Trinajstić information content (AvgIpc) is 2.33. The maximum absolute atomic E-state index is 13.1. The van der Waals surface area contributed by atoms with E-state index in [9.17, 15) is 4.39 Å². The maximum atomic E-state index is 13.1. The van der Waals surface area contributed by atoms with Crippen molar-refractivity contribution in [1.29, 1.82) is 0 Å². The van der Waals surface area contributed by atoms with Crippen LogP contribution in [0.25, 0.3) is 0 Å². The number of aryl methyl sites for hydroxylation is 1. The van der Waals surface area contributed by atoms with Gasteiger partial charge in [0.25, 0.3) is 0 Å². The standard InChI is InChI=1S/C14H21FN2S/c1-10-7-12(15)4-3-11(10)8-13(16)14-9-18-6-5-17(14)2/h3-4,7,13-14H,5-6,8-9,16H2,1-2H3. The second-order valence-electron chi connectivity index (χ2n) is 5.06. The molecule has 1 aliphatic rings. The van der Waals surface area contributed by atoms with Gasteiger partial charge in [-0.15, -0.1) is 0 Å². The zero-order valence-electron chi connectivity index (χ0n) is 11.0. The lowest BCUT2D eigenvalue weighted by Crippen LogP contribution is -2.51. The Kier molecular flexibility index (Phi) is 4.65. The van der Waals surface area contributed by atoms with Crippen LogP contribution in [0.15, 0.2) is 18.2 Å². The predicted molar refractivity (Wildman–Crippen MR) is 76.6 cm³/mol. The van der Waals surface area contributed by atoms with E-state index in [0.29, 0.717) is 6.04 Å². The average molecular weight is 268 g/mol. The molecule has 1 aliphatic heterocycles. The van der Waals surface area contributed by atoms with Crippen molar-refractivity contribution in [2.45, 2.75) is 25.4 Å². The highest BCUT2D eigenvalue weighted by Gasteiger charge is 2.25. The van der Waals surface area contributed by atoms with Gasteiger partial charge in [-0.1, -0.05) is 6.07 Å². The third kappa shape index (κ3) is 3.25. The van der Waals surface area contributed by atoms with E-state index in [2.05, 4.69) is 11.9 Å². The molecule has 1 aromatic carbocycles. The maximum Gasteiger partial charge on any atom is 0.123 e. The van der Waals surface area contributed by atoms with E-state index in [-0.39, 0.29) is 11.9 Å². The zero-order valence-corrected chi connectivity index (χ0v) is 11.8. The van der Waals surface area contributed by atoms with Gasteiger partial charge >= 0.3 is 0 Å². The van der Waals surface area contributed by atoms with Crippen LogP contribution in [0.5, 0.6) is 0 Å². The lowest BCUT2D eigenvalue weighted by molar-refractivity contribution is 0.235. The number of thioether (sulfide) groups is 1. The highest BCUT2D eigenvalue weighted by Crippen LogP contribution is 2.20. The second-order valence-corrected chi connectivity index (χ2v) is 6.21. The first-order chi connectivity index (χ1) is 8.58. The Morgan fingerprint density at radius 3 is 3.00 bits per heavy atom. The molecule has 2 nitrogen and oxygen atoms in total. The smallest absolute Gasteiger partial charge is 0.123 e. The Hall–Kier alpha value is -0.580. The molecule has 0 aliphatic carbocycles. The van der Waals surface area contributed by atoms with E-state index < -0.39 is 0 Å². The van der Waals surface area contributed by atoms with Crippen LogP contribution in [-0.2, 0) is 6.42 Å². The van der Waals surface area contributed by atoms with Gasteiger partial charge in [-0.3, -0.25) is 0 Å². The Morgan fingerprint density at radius 2 is 2.33 bits per heavy atom. The highest BCUT2D eigenvalue weighted by atomic mass is 32.2. The number of benzene rings is 1. The SMILES string of the molecule is Cc1cc(F)ccc1CC(N)C1CSCCN1C. The number of hydrogen-bond acceptors (Lipinski definition) is 3. The number of nitrogens with two attached hydrogens (primary N) is 1. The molecule has 0 bridgehead atoms. The molecule has 2 rings (SSSR count). The third-order valence-electron chi connectivity index (χ3n) is 3.70. The van der Waals surface area contributed by atoms with Gasteiger partial charge in [0.15, 0.2) is 0 Å². The van der Waals surface area contributed by atoms with Crippen LogP contribution < -0.4 is 5.73 Å². The normalized spacial score (nSPS) is 23.0. The molecule has 1 saturated heterocycles. The van der Waals surface area contributed by atoms with E-state index >= 15 is 0 Å². The molecule has 0 aromatic heterocycles. The monoisotopic (exact) mass is 268 g/mol. The summed E-state index contributed by atoms with van der Waals surface area (Å²) in [5, 5.41) is 0. The summed E-state index contributed by atoms with van der Waals surface area (Å²) in [5.74, 6) is 2.11. The molecule has 4 heteroatoms. The van der Waals surface area contributed by atoms with E-state index in [1.807, 2.05) is 24.8 Å². The topological polar surface area (TPSA) is 29.3 Å². The molecule has 0 spiro atoms. The molecule has 2 N–H and O–H groups in total. The summed E-state index contributed by atoms with van der Waals surface area (Å²) in [6.45, 7) is 3.05. The van der Waals surface area contributed by atoms with Gasteiger partial charge < -0.3 is 10.6 Å². The van der Waals surface area contributed by atoms with Crippen LogP contribution in [0.3, 0.4) is 0 Å². The summed E-state index contributed by atoms with van der Waals surface area (Å²) in [6.07, 6.45) is 0.821. The van der Waals surface area contributed by atoms with E-state index in [4.69, 9.17) is 5.73 Å². The third-order valence-corrected chi connectivity index (χ3v) is 4.75. The molecular weight excluding hydrogens is 247 g/mol. The molecule has 0 saturated carbocycles. The number of hydrogen-bond donors (Lipinski definition) is 1. The molecule has 0 amide bonds. The van der Waals surface area contributed by atoms with Crippen LogP contribution >= 0.6 is 11.8 Å². The van der Waals surface area contributed by atoms with Gasteiger partial charge in [0.05, 0.1) is 0 Å². The minimum absolute atomic E-state index is 0.118. The van der Waals surface area contributed by atoms with Gasteiger partial charge in [-0.25, -0.2) is 4.39 Å². The Morgan fingerprint density at radius 1 is 1.56 bits per heavy atom. The fourth-order valence-corrected chi connectivity index (χ4v) is 3.76. The predicted octanol–water partition coefficient (Wildman–Crippen LogP) is 2.05. The summed E-state index contributed by atoms with van der Waals surface area (Å²) in [7, 11) is 2.14. The van der Waals surface area contributed by atoms with Crippen LogP contribution in [-0.4, -0.2) is 42.1 Å². The summed E-state index contributed by atoms with van der Waals surface area (Å²) < 4.78 is 13.1. The van der Waals surface area contributed by atoms with Crippen molar-refractivity contribution in [2.24, 2.45) is 5.73 Å². The van der Waals surface area contributed by atoms with Gasteiger partial charge in [-0.2, -0.15) is 11.8 Å². The van der Waals surface area contributed by atoms with E-state index in [1.54, 1.807) is 6.07 Å². The van der Waals surface area contributed by atoms with Gasteiger partial charge in [-0.05, 0) is 43.7 Å². The molecule has 1 heterocycles. The molecule has 2 unspecified atom stereocenters. The first-order valence-corrected chi connectivity index (χ1v) is 7.52. The quantitative estimate of drug-likeness (QED) is 0.910. The van der Waals surface area contributed by atoms with E-state index in [1.165, 1.54) is 11.8 Å². The fraction of sp³-hybridized carbons (Fsp3) is 0.571. The number of likely N-dealkylation sites (N-methyl/N-ethyl adjacent to an activating group) is 1. The van der Waals surface area contributed by atoms with Crippen molar-refractivity contribution in [1.82, 2.24) is 4.90 Å². The van der Waals surface area contributed by atoms with Crippen LogP contribution in [0, 0.1) is 12.7 Å². The molecule has 1 fully saturated rings. The summed E-state index contributed by atoms with van der Waals surface area (Å²) in [6, 6.07) is 5.51. The largest absolute Gasteiger partial charge is 0.326 e. The van der Waals surface area contributed by atoms with Crippen molar-refractivity contribution in [3.05, 3.63) is 35.1 Å². The van der Waals surface area contributed by atoms with Crippen LogP contribution in [0.4, 0.5) is 4.39 Å². The summed E-state index contributed by atoms with van der Waals surface area (Å²) >= 11 is 1.97.